The van der Waals surface area contributed by atoms with Crippen LogP contribution in [0.1, 0.15) is 18.4 Å². The summed E-state index contributed by atoms with van der Waals surface area (Å²) in [7, 11) is -3.76. The van der Waals surface area contributed by atoms with Crippen LogP contribution in [-0.4, -0.2) is 36.7 Å². The molecule has 1 fully saturated rings. The van der Waals surface area contributed by atoms with E-state index in [9.17, 15) is 13.2 Å². The highest BCUT2D eigenvalue weighted by Gasteiger charge is 2.34. The van der Waals surface area contributed by atoms with Crippen LogP contribution >= 0.6 is 11.6 Å². The van der Waals surface area contributed by atoms with Gasteiger partial charge in [-0.3, -0.25) is 9.78 Å². The van der Waals surface area contributed by atoms with Gasteiger partial charge in [0.05, 0.1) is 11.4 Å². The zero-order valence-corrected chi connectivity index (χ0v) is 17.9. The summed E-state index contributed by atoms with van der Waals surface area (Å²) in [6.45, 7) is 0.856. The molecule has 0 saturated carbocycles. The van der Waals surface area contributed by atoms with Gasteiger partial charge in [0.1, 0.15) is 4.90 Å². The first-order valence-electron chi connectivity index (χ1n) is 9.82. The maximum atomic E-state index is 13.3. The van der Waals surface area contributed by atoms with Crippen LogP contribution in [0, 0.1) is 5.92 Å². The van der Waals surface area contributed by atoms with Gasteiger partial charge >= 0.3 is 0 Å². The molecule has 1 N–H and O–H groups in total. The lowest BCUT2D eigenvalue weighted by Gasteiger charge is -2.31. The molecule has 1 aliphatic rings. The predicted molar refractivity (Wildman–Crippen MR) is 117 cm³/mol. The Hall–Kier alpha value is -2.48. The number of amides is 1. The quantitative estimate of drug-likeness (QED) is 0.653. The summed E-state index contributed by atoms with van der Waals surface area (Å²) >= 11 is 6.15. The number of hydrogen-bond donors (Lipinski definition) is 1. The summed E-state index contributed by atoms with van der Waals surface area (Å²) in [4.78, 5) is 17.2. The molecule has 8 heteroatoms. The molecule has 1 atom stereocenters. The van der Waals surface area contributed by atoms with Gasteiger partial charge in [0.2, 0.25) is 15.9 Å². The fraction of sp³-hybridized carbons (Fsp3) is 0.273. The van der Waals surface area contributed by atoms with Crippen molar-refractivity contribution in [1.29, 1.82) is 0 Å². The van der Waals surface area contributed by atoms with E-state index in [2.05, 4.69) is 10.3 Å². The monoisotopic (exact) mass is 443 g/mol. The van der Waals surface area contributed by atoms with E-state index in [0.29, 0.717) is 36.5 Å². The first-order valence-corrected chi connectivity index (χ1v) is 11.6. The van der Waals surface area contributed by atoms with Crippen molar-refractivity contribution in [2.45, 2.75) is 24.3 Å². The van der Waals surface area contributed by atoms with Crippen LogP contribution in [0.3, 0.4) is 0 Å². The van der Waals surface area contributed by atoms with E-state index in [4.69, 9.17) is 11.6 Å². The number of rotatable bonds is 5. The molecule has 0 spiro atoms. The van der Waals surface area contributed by atoms with E-state index in [-0.39, 0.29) is 17.3 Å². The number of fused-ring (bicyclic) bond motifs is 1. The summed E-state index contributed by atoms with van der Waals surface area (Å²) in [6, 6.07) is 16.1. The largest absolute Gasteiger partial charge is 0.352 e. The van der Waals surface area contributed by atoms with Gasteiger partial charge in [-0.1, -0.05) is 48.0 Å². The Kier molecular flexibility index (Phi) is 6.04. The minimum Gasteiger partial charge on any atom is -0.352 e. The van der Waals surface area contributed by atoms with Crippen LogP contribution in [0.25, 0.3) is 10.9 Å². The van der Waals surface area contributed by atoms with Crippen molar-refractivity contribution < 1.29 is 13.2 Å². The molecule has 1 aliphatic heterocycles. The maximum absolute atomic E-state index is 13.3. The summed E-state index contributed by atoms with van der Waals surface area (Å²) in [5.41, 5.74) is 1.28. The minimum absolute atomic E-state index is 0.153. The molecule has 6 nitrogen and oxygen atoms in total. The molecule has 30 heavy (non-hydrogen) atoms. The lowest BCUT2D eigenvalue weighted by atomic mass is 9.99. The Morgan fingerprint density at radius 3 is 2.77 bits per heavy atom. The highest BCUT2D eigenvalue weighted by atomic mass is 35.5. The van der Waals surface area contributed by atoms with E-state index in [0.717, 1.165) is 10.9 Å². The third kappa shape index (κ3) is 4.19. The molecule has 1 aromatic heterocycles. The van der Waals surface area contributed by atoms with Gasteiger partial charge in [-0.25, -0.2) is 8.42 Å². The number of para-hydroxylation sites is 1. The minimum atomic E-state index is -3.76. The number of hydrogen-bond acceptors (Lipinski definition) is 4. The Balaban J connectivity index is 1.50. The molecule has 2 aromatic carbocycles. The first-order chi connectivity index (χ1) is 14.5. The van der Waals surface area contributed by atoms with Gasteiger partial charge < -0.3 is 5.32 Å². The second kappa shape index (κ2) is 8.71. The van der Waals surface area contributed by atoms with Crippen molar-refractivity contribution in [2.75, 3.05) is 13.1 Å². The van der Waals surface area contributed by atoms with Gasteiger partial charge in [-0.2, -0.15) is 4.31 Å². The Morgan fingerprint density at radius 2 is 1.93 bits per heavy atom. The van der Waals surface area contributed by atoms with Gasteiger partial charge in [0.25, 0.3) is 0 Å². The van der Waals surface area contributed by atoms with Crippen molar-refractivity contribution in [3.8, 4) is 0 Å². The van der Waals surface area contributed by atoms with Crippen LogP contribution < -0.4 is 5.32 Å². The van der Waals surface area contributed by atoms with Crippen molar-refractivity contribution in [2.24, 2.45) is 5.92 Å². The Labute approximate surface area is 180 Å². The normalized spacial score (nSPS) is 17.7. The van der Waals surface area contributed by atoms with E-state index < -0.39 is 15.9 Å². The van der Waals surface area contributed by atoms with Crippen molar-refractivity contribution in [1.82, 2.24) is 14.6 Å². The standard InChI is InChI=1S/C22H22ClN3O3S/c23-19-10-2-1-6-17(19)14-25-22(27)18-9-5-13-26(15-18)30(28,29)20-11-3-7-16-8-4-12-24-21(16)20/h1-4,6-8,10-12,18H,5,9,13-15H2,(H,25,27)/t18-/m0/s1. The zero-order chi connectivity index (χ0) is 21.1. The number of carbonyl (C=O) groups excluding carboxylic acids is 1. The topological polar surface area (TPSA) is 79.4 Å². The number of nitrogens with zero attached hydrogens (tertiary/aromatic N) is 2. The van der Waals surface area contributed by atoms with Gasteiger partial charge in [-0.05, 0) is 36.6 Å². The van der Waals surface area contributed by atoms with Crippen LogP contribution in [0.4, 0.5) is 0 Å². The molecule has 4 rings (SSSR count). The highest BCUT2D eigenvalue weighted by molar-refractivity contribution is 7.89. The smallest absolute Gasteiger partial charge is 0.245 e. The van der Waals surface area contributed by atoms with E-state index in [1.807, 2.05) is 30.3 Å². The zero-order valence-electron chi connectivity index (χ0n) is 16.3. The third-order valence-electron chi connectivity index (χ3n) is 5.38. The molecule has 3 aromatic rings. The first kappa shape index (κ1) is 20.8. The van der Waals surface area contributed by atoms with Crippen LogP contribution in [0.15, 0.2) is 65.7 Å². The van der Waals surface area contributed by atoms with Gasteiger partial charge in [-0.15, -0.1) is 0 Å². The van der Waals surface area contributed by atoms with Gasteiger partial charge in [0.15, 0.2) is 0 Å². The number of nitrogens with one attached hydrogen (secondary N) is 1. The van der Waals surface area contributed by atoms with E-state index >= 15 is 0 Å². The molecule has 0 unspecified atom stereocenters. The summed E-state index contributed by atoms with van der Waals surface area (Å²) in [5.74, 6) is -0.565. The molecular formula is C22H22ClN3O3S. The Bertz CT molecular complexity index is 1180. The number of sulfonamides is 1. The lowest BCUT2D eigenvalue weighted by Crippen LogP contribution is -2.45. The molecule has 1 saturated heterocycles. The average molecular weight is 444 g/mol. The number of carbonyl (C=O) groups is 1. The molecule has 0 bridgehead atoms. The molecule has 1 amide bonds. The second-order valence-electron chi connectivity index (χ2n) is 7.34. The molecule has 0 radical (unpaired) electrons. The van der Waals surface area contributed by atoms with E-state index in [1.165, 1.54) is 4.31 Å². The molecule has 156 valence electrons. The summed E-state index contributed by atoms with van der Waals surface area (Å²) in [6.07, 6.45) is 2.86. The molecule has 0 aliphatic carbocycles. The SMILES string of the molecule is O=C(NCc1ccccc1Cl)[C@H]1CCCN(S(=O)(=O)c2cccc3cccnc23)C1. The van der Waals surface area contributed by atoms with Crippen molar-refractivity contribution >= 4 is 38.4 Å². The number of pyridine rings is 1. The lowest BCUT2D eigenvalue weighted by molar-refractivity contribution is -0.126. The summed E-state index contributed by atoms with van der Waals surface area (Å²) in [5, 5.41) is 4.25. The van der Waals surface area contributed by atoms with Crippen molar-refractivity contribution in [3.05, 3.63) is 71.4 Å². The second-order valence-corrected chi connectivity index (χ2v) is 9.66. The Morgan fingerprint density at radius 1 is 1.13 bits per heavy atom. The van der Waals surface area contributed by atoms with Crippen molar-refractivity contribution in [3.63, 3.8) is 0 Å². The number of halogens is 1. The fourth-order valence-corrected chi connectivity index (χ4v) is 5.66. The molecule has 2 heterocycles. The summed E-state index contributed by atoms with van der Waals surface area (Å²) < 4.78 is 28.1. The van der Waals surface area contributed by atoms with Crippen LogP contribution in [-0.2, 0) is 21.4 Å². The van der Waals surface area contributed by atoms with E-state index in [1.54, 1.807) is 30.5 Å². The number of piperidine rings is 1. The molecular weight excluding hydrogens is 422 g/mol. The fourth-order valence-electron chi connectivity index (χ4n) is 3.77. The van der Waals surface area contributed by atoms with Gasteiger partial charge in [0, 0.05) is 36.2 Å². The maximum Gasteiger partial charge on any atom is 0.245 e. The average Bonchev–Trinajstić information content (AvgIpc) is 2.78. The third-order valence-corrected chi connectivity index (χ3v) is 7.64. The van der Waals surface area contributed by atoms with Crippen LogP contribution in [0.5, 0.6) is 0 Å². The number of benzene rings is 2. The predicted octanol–water partition coefficient (Wildman–Crippen LogP) is 3.61. The highest BCUT2D eigenvalue weighted by Crippen LogP contribution is 2.28. The van der Waals surface area contributed by atoms with Crippen LogP contribution in [0.2, 0.25) is 5.02 Å². The number of aromatic nitrogens is 1.